The molecule has 1 saturated heterocycles. The highest BCUT2D eigenvalue weighted by Gasteiger charge is 2.39. The van der Waals surface area contributed by atoms with Crippen LogP contribution in [0.3, 0.4) is 0 Å². The molecule has 2 aliphatic heterocycles. The van der Waals surface area contributed by atoms with E-state index in [-0.39, 0.29) is 12.5 Å². The first kappa shape index (κ1) is 8.13. The molecule has 2 rings (SSSR count). The smallest absolute Gasteiger partial charge is 0.226 e. The van der Waals surface area contributed by atoms with Gasteiger partial charge in [-0.05, 0) is 17.4 Å². The van der Waals surface area contributed by atoms with E-state index in [1.807, 2.05) is 11.8 Å². The lowest BCUT2D eigenvalue weighted by molar-refractivity contribution is -0.141. The molecule has 0 aromatic heterocycles. The predicted octanol–water partition coefficient (Wildman–Crippen LogP) is 0.558. The maximum absolute atomic E-state index is 11.0. The molecule has 0 spiro atoms. The second kappa shape index (κ2) is 2.78. The average molecular weight is 185 g/mol. The van der Waals surface area contributed by atoms with Crippen molar-refractivity contribution in [3.8, 4) is 0 Å². The van der Waals surface area contributed by atoms with Crippen LogP contribution in [0.25, 0.3) is 0 Å². The Balaban J connectivity index is 2.16. The van der Waals surface area contributed by atoms with Crippen LogP contribution in [0.2, 0.25) is 0 Å². The topological polar surface area (TPSA) is 40.5 Å². The minimum atomic E-state index is 0.0787. The van der Waals surface area contributed by atoms with Crippen LogP contribution in [-0.4, -0.2) is 34.4 Å². The Labute approximate surface area is 75.4 Å². The zero-order chi connectivity index (χ0) is 8.72. The van der Waals surface area contributed by atoms with E-state index in [4.69, 9.17) is 5.11 Å². The largest absolute Gasteiger partial charge is 0.392 e. The molecule has 0 bridgehead atoms. The summed E-state index contributed by atoms with van der Waals surface area (Å²) in [6, 6.07) is 0. The number of aliphatic hydroxyl groups is 1. The molecule has 1 N–H and O–H groups in total. The normalized spacial score (nSPS) is 28.7. The lowest BCUT2D eigenvalue weighted by atomic mass is 10.1. The summed E-state index contributed by atoms with van der Waals surface area (Å²) < 4.78 is 0. The molecule has 0 radical (unpaired) electrons. The monoisotopic (exact) mass is 185 g/mol. The molecule has 4 heteroatoms. The Morgan fingerprint density at radius 1 is 1.75 bits per heavy atom. The minimum absolute atomic E-state index is 0.0787. The fourth-order valence-corrected chi connectivity index (χ4v) is 2.74. The number of hydrogen-bond donors (Lipinski definition) is 1. The molecular formula is C8H11NO2S. The Bertz CT molecular complexity index is 262. The van der Waals surface area contributed by atoms with Crippen molar-refractivity contribution in [2.45, 2.75) is 18.7 Å². The van der Waals surface area contributed by atoms with E-state index in [1.165, 1.54) is 4.91 Å². The molecule has 66 valence electrons. The number of carbonyl (C=O) groups is 1. The molecule has 2 aliphatic rings. The van der Waals surface area contributed by atoms with Gasteiger partial charge in [-0.25, -0.2) is 0 Å². The standard InChI is InChI=1S/C8H11NO2S/c1-5-6(4-10)3-9-7(11)2-8(9)12-5/h8,10H,2-4H2,1H3/t8-/m1/s1. The highest BCUT2D eigenvalue weighted by molar-refractivity contribution is 8.03. The van der Waals surface area contributed by atoms with Crippen molar-refractivity contribution < 1.29 is 9.90 Å². The summed E-state index contributed by atoms with van der Waals surface area (Å²) in [5, 5.41) is 9.32. The van der Waals surface area contributed by atoms with E-state index < -0.39 is 0 Å². The number of aliphatic hydroxyl groups excluding tert-OH is 1. The SMILES string of the molecule is CC1=C(CO)CN2C(=O)C[C@H]2S1. The predicted molar refractivity (Wildman–Crippen MR) is 47.5 cm³/mol. The van der Waals surface area contributed by atoms with Gasteiger partial charge in [-0.1, -0.05) is 0 Å². The number of thioether (sulfide) groups is 1. The van der Waals surface area contributed by atoms with Crippen molar-refractivity contribution in [2.24, 2.45) is 0 Å². The van der Waals surface area contributed by atoms with Crippen molar-refractivity contribution in [1.82, 2.24) is 4.90 Å². The van der Waals surface area contributed by atoms with Crippen molar-refractivity contribution in [3.63, 3.8) is 0 Å². The maximum Gasteiger partial charge on any atom is 0.226 e. The van der Waals surface area contributed by atoms with Crippen molar-refractivity contribution in [1.29, 1.82) is 0 Å². The third kappa shape index (κ3) is 1.06. The van der Waals surface area contributed by atoms with Gasteiger partial charge in [-0.15, -0.1) is 11.8 Å². The Hall–Kier alpha value is -0.480. The lowest BCUT2D eigenvalue weighted by Crippen LogP contribution is -2.53. The number of fused-ring (bicyclic) bond motifs is 1. The zero-order valence-electron chi connectivity index (χ0n) is 6.91. The first-order valence-corrected chi connectivity index (χ1v) is 4.86. The van der Waals surface area contributed by atoms with Gasteiger partial charge in [0.05, 0.1) is 18.4 Å². The summed E-state index contributed by atoms with van der Waals surface area (Å²) in [7, 11) is 0. The van der Waals surface area contributed by atoms with Gasteiger partial charge >= 0.3 is 0 Å². The summed E-state index contributed by atoms with van der Waals surface area (Å²) >= 11 is 1.70. The third-order valence-corrected chi connectivity index (χ3v) is 3.72. The van der Waals surface area contributed by atoms with Gasteiger partial charge in [-0.2, -0.15) is 0 Å². The Kier molecular flexibility index (Phi) is 1.88. The van der Waals surface area contributed by atoms with Gasteiger partial charge in [0.15, 0.2) is 0 Å². The van der Waals surface area contributed by atoms with E-state index in [2.05, 4.69) is 0 Å². The average Bonchev–Trinajstić information content (AvgIpc) is 2.04. The van der Waals surface area contributed by atoms with Crippen molar-refractivity contribution in [2.75, 3.05) is 13.2 Å². The van der Waals surface area contributed by atoms with Crippen LogP contribution in [0.4, 0.5) is 0 Å². The molecule has 3 nitrogen and oxygen atoms in total. The molecular weight excluding hydrogens is 174 g/mol. The second-order valence-electron chi connectivity index (χ2n) is 3.12. The number of hydrogen-bond acceptors (Lipinski definition) is 3. The second-order valence-corrected chi connectivity index (χ2v) is 4.51. The van der Waals surface area contributed by atoms with Gasteiger partial charge in [0.2, 0.25) is 5.91 Å². The first-order chi connectivity index (χ1) is 5.72. The van der Waals surface area contributed by atoms with E-state index in [9.17, 15) is 4.79 Å². The molecule has 12 heavy (non-hydrogen) atoms. The number of amides is 1. The van der Waals surface area contributed by atoms with E-state index in [1.54, 1.807) is 11.8 Å². The summed E-state index contributed by atoms with van der Waals surface area (Å²) in [5.74, 6) is 0.214. The van der Waals surface area contributed by atoms with Gasteiger partial charge < -0.3 is 10.0 Å². The molecule has 0 aliphatic carbocycles. The van der Waals surface area contributed by atoms with E-state index in [0.29, 0.717) is 18.3 Å². The van der Waals surface area contributed by atoms with E-state index in [0.717, 1.165) is 5.57 Å². The molecule has 0 aromatic rings. The van der Waals surface area contributed by atoms with Crippen molar-refractivity contribution >= 4 is 17.7 Å². The van der Waals surface area contributed by atoms with Gasteiger partial charge in [0.25, 0.3) is 0 Å². The van der Waals surface area contributed by atoms with Gasteiger partial charge in [0, 0.05) is 6.54 Å². The summed E-state index contributed by atoms with van der Waals surface area (Å²) in [6.07, 6.45) is 0.667. The molecule has 1 amide bonds. The Morgan fingerprint density at radius 3 is 3.08 bits per heavy atom. The highest BCUT2D eigenvalue weighted by Crippen LogP contribution is 2.39. The fourth-order valence-electron chi connectivity index (χ4n) is 1.49. The Morgan fingerprint density at radius 2 is 2.50 bits per heavy atom. The number of β-lactam (4-membered cyclic amide) rings is 1. The number of carbonyl (C=O) groups excluding carboxylic acids is 1. The van der Waals surface area contributed by atoms with Crippen LogP contribution < -0.4 is 0 Å². The summed E-state index contributed by atoms with van der Waals surface area (Å²) in [5.41, 5.74) is 0.990. The van der Waals surface area contributed by atoms with Crippen molar-refractivity contribution in [3.05, 3.63) is 10.5 Å². The molecule has 0 saturated carbocycles. The molecule has 1 fully saturated rings. The fraction of sp³-hybridized carbons (Fsp3) is 0.625. The van der Waals surface area contributed by atoms with Crippen LogP contribution in [0, 0.1) is 0 Å². The van der Waals surface area contributed by atoms with E-state index >= 15 is 0 Å². The van der Waals surface area contributed by atoms with Crippen LogP contribution >= 0.6 is 11.8 Å². The molecule has 0 aromatic carbocycles. The van der Waals surface area contributed by atoms with Crippen LogP contribution in [-0.2, 0) is 4.79 Å². The van der Waals surface area contributed by atoms with Crippen LogP contribution in [0.5, 0.6) is 0 Å². The first-order valence-electron chi connectivity index (χ1n) is 3.98. The quantitative estimate of drug-likeness (QED) is 0.607. The summed E-state index contributed by atoms with van der Waals surface area (Å²) in [4.78, 5) is 14.1. The van der Waals surface area contributed by atoms with Crippen LogP contribution in [0.1, 0.15) is 13.3 Å². The minimum Gasteiger partial charge on any atom is -0.392 e. The molecule has 2 heterocycles. The third-order valence-electron chi connectivity index (χ3n) is 2.38. The zero-order valence-corrected chi connectivity index (χ0v) is 7.73. The lowest BCUT2D eigenvalue weighted by Gasteiger charge is -2.44. The van der Waals surface area contributed by atoms with Gasteiger partial charge in [0.1, 0.15) is 0 Å². The number of nitrogens with zero attached hydrogens (tertiary/aromatic N) is 1. The molecule has 0 unspecified atom stereocenters. The highest BCUT2D eigenvalue weighted by atomic mass is 32.2. The maximum atomic E-state index is 11.0. The van der Waals surface area contributed by atoms with Gasteiger partial charge in [-0.3, -0.25) is 4.79 Å². The molecule has 1 atom stereocenters. The van der Waals surface area contributed by atoms with Crippen LogP contribution in [0.15, 0.2) is 10.5 Å². The summed E-state index contributed by atoms with van der Waals surface area (Å²) in [6.45, 7) is 2.73. The number of allylic oxidation sites excluding steroid dienone is 1. The number of rotatable bonds is 1.